The third-order valence-corrected chi connectivity index (χ3v) is 7.32. The number of esters is 1. The van der Waals surface area contributed by atoms with Gasteiger partial charge in [-0.05, 0) is 43.1 Å². The van der Waals surface area contributed by atoms with E-state index >= 15 is 0 Å². The first-order valence-electron chi connectivity index (χ1n) is 10.1. The molecule has 1 amide bonds. The van der Waals surface area contributed by atoms with Crippen molar-refractivity contribution in [1.82, 2.24) is 5.32 Å². The van der Waals surface area contributed by atoms with Crippen LogP contribution in [0.1, 0.15) is 43.7 Å². The third-order valence-electron chi connectivity index (χ3n) is 6.87. The van der Waals surface area contributed by atoms with E-state index in [1.807, 2.05) is 5.32 Å². The van der Waals surface area contributed by atoms with Crippen LogP contribution in [0.2, 0.25) is 0 Å². The van der Waals surface area contributed by atoms with E-state index in [1.54, 1.807) is 18.2 Å². The summed E-state index contributed by atoms with van der Waals surface area (Å²) < 4.78 is 83.8. The molecule has 4 nitrogen and oxygen atoms in total. The van der Waals surface area contributed by atoms with Gasteiger partial charge >= 0.3 is 24.2 Å². The minimum Gasteiger partial charge on any atom is -0.452 e. The van der Waals surface area contributed by atoms with Crippen LogP contribution in [-0.4, -0.2) is 34.7 Å². The van der Waals surface area contributed by atoms with Crippen molar-refractivity contribution in [1.29, 1.82) is 0 Å². The average molecular weight is 484 g/mol. The van der Waals surface area contributed by atoms with Crippen LogP contribution in [0.3, 0.4) is 0 Å². The largest absolute Gasteiger partial charge is 0.490 e. The van der Waals surface area contributed by atoms with E-state index in [1.165, 1.54) is 12.1 Å². The molecule has 176 valence electrons. The Morgan fingerprint density at radius 2 is 1.69 bits per heavy atom. The summed E-state index contributed by atoms with van der Waals surface area (Å²) in [4.78, 5) is 22.9. The Kier molecular flexibility index (Phi) is 5.46. The lowest BCUT2D eigenvalue weighted by molar-refractivity contribution is -0.245. The highest BCUT2D eigenvalue weighted by molar-refractivity contribution is 6.24. The molecule has 4 saturated carbocycles. The Morgan fingerprint density at radius 3 is 2.25 bits per heavy atom. The van der Waals surface area contributed by atoms with Gasteiger partial charge in [-0.15, -0.1) is 11.6 Å². The van der Waals surface area contributed by atoms with Gasteiger partial charge in [0.2, 0.25) is 0 Å². The maximum absolute atomic E-state index is 13.1. The van der Waals surface area contributed by atoms with Gasteiger partial charge in [-0.2, -0.15) is 26.3 Å². The molecule has 4 aliphatic carbocycles. The van der Waals surface area contributed by atoms with Crippen molar-refractivity contribution < 1.29 is 40.7 Å². The van der Waals surface area contributed by atoms with E-state index < -0.39 is 52.6 Å². The second-order valence-electron chi connectivity index (χ2n) is 9.14. The topological polar surface area (TPSA) is 55.4 Å². The number of alkyl halides is 7. The summed E-state index contributed by atoms with van der Waals surface area (Å²) in [5.41, 5.74) is -1.45. The molecule has 1 aromatic rings. The number of rotatable bonds is 4. The summed E-state index contributed by atoms with van der Waals surface area (Å²) in [7, 11) is 0. The SMILES string of the molecule is O=C(N[C@@H](c1ccccc1)C1C2CC3C[C@](Cl)(C2)C[C@@]1(OC(=O)C(F)(F)F)C3)C(F)(F)F. The van der Waals surface area contributed by atoms with Crippen LogP contribution in [-0.2, 0) is 14.3 Å². The summed E-state index contributed by atoms with van der Waals surface area (Å²) >= 11 is 6.67. The Hall–Kier alpha value is -1.97. The molecule has 4 bridgehead atoms. The van der Waals surface area contributed by atoms with Gasteiger partial charge in [0.15, 0.2) is 0 Å². The molecule has 11 heteroatoms. The van der Waals surface area contributed by atoms with Gasteiger partial charge in [-0.3, -0.25) is 4.79 Å². The zero-order valence-electron chi connectivity index (χ0n) is 16.6. The van der Waals surface area contributed by atoms with Crippen LogP contribution in [0.4, 0.5) is 26.3 Å². The molecule has 0 radical (unpaired) electrons. The lowest BCUT2D eigenvalue weighted by Crippen LogP contribution is -2.67. The Balaban J connectivity index is 1.79. The van der Waals surface area contributed by atoms with Crippen LogP contribution in [0.5, 0.6) is 0 Å². The molecule has 4 aliphatic rings. The van der Waals surface area contributed by atoms with Crippen molar-refractivity contribution in [2.75, 3.05) is 0 Å². The van der Waals surface area contributed by atoms with Gasteiger partial charge in [0, 0.05) is 17.2 Å². The molecular formula is C21H20ClF6NO3. The predicted octanol–water partition coefficient (Wildman–Crippen LogP) is 5.07. The van der Waals surface area contributed by atoms with Crippen molar-refractivity contribution in [3.63, 3.8) is 0 Å². The van der Waals surface area contributed by atoms with Crippen LogP contribution in [0, 0.1) is 17.8 Å². The summed E-state index contributed by atoms with van der Waals surface area (Å²) in [6.07, 6.45) is -9.12. The van der Waals surface area contributed by atoms with Gasteiger partial charge in [-0.25, -0.2) is 4.79 Å². The summed E-state index contributed by atoms with van der Waals surface area (Å²) in [5, 5.41) is 1.97. The number of benzene rings is 1. The van der Waals surface area contributed by atoms with Gasteiger partial charge in [0.25, 0.3) is 0 Å². The van der Waals surface area contributed by atoms with E-state index in [-0.39, 0.29) is 24.3 Å². The predicted molar refractivity (Wildman–Crippen MR) is 100 cm³/mol. The molecule has 0 aromatic heterocycles. The Labute approximate surface area is 184 Å². The molecule has 6 atom stereocenters. The Morgan fingerprint density at radius 1 is 1.03 bits per heavy atom. The maximum Gasteiger partial charge on any atom is 0.490 e. The Bertz CT molecular complexity index is 907. The number of amides is 1. The van der Waals surface area contributed by atoms with Crippen molar-refractivity contribution in [3.05, 3.63) is 35.9 Å². The first-order valence-corrected chi connectivity index (χ1v) is 10.5. The fraction of sp³-hybridized carbons (Fsp3) is 0.619. The number of hydrogen-bond acceptors (Lipinski definition) is 3. The van der Waals surface area contributed by atoms with Gasteiger partial charge < -0.3 is 10.1 Å². The monoisotopic (exact) mass is 483 g/mol. The fourth-order valence-corrected chi connectivity index (χ4v) is 6.89. The summed E-state index contributed by atoms with van der Waals surface area (Å²) in [5.74, 6) is -6.15. The number of carbonyl (C=O) groups excluding carboxylic acids is 2. The first kappa shape index (κ1) is 23.2. The average Bonchev–Trinajstić information content (AvgIpc) is 2.64. The van der Waals surface area contributed by atoms with E-state index in [0.29, 0.717) is 19.3 Å². The molecule has 0 saturated heterocycles. The smallest absolute Gasteiger partial charge is 0.452 e. The summed E-state index contributed by atoms with van der Waals surface area (Å²) in [6, 6.07) is 6.39. The normalized spacial score (nSPS) is 34.8. The molecule has 5 rings (SSSR count). The van der Waals surface area contributed by atoms with Crippen LogP contribution in [0.25, 0.3) is 0 Å². The number of ether oxygens (including phenoxy) is 1. The summed E-state index contributed by atoms with van der Waals surface area (Å²) in [6.45, 7) is 0. The minimum atomic E-state index is -5.27. The van der Waals surface area contributed by atoms with Crippen LogP contribution in [0.15, 0.2) is 30.3 Å². The van der Waals surface area contributed by atoms with Crippen molar-refractivity contribution in [2.45, 2.75) is 61.0 Å². The first-order chi connectivity index (χ1) is 14.7. The lowest BCUT2D eigenvalue weighted by atomic mass is 9.47. The molecule has 4 fully saturated rings. The lowest BCUT2D eigenvalue weighted by Gasteiger charge is -2.64. The zero-order chi connectivity index (χ0) is 23.5. The van der Waals surface area contributed by atoms with Crippen molar-refractivity contribution >= 4 is 23.5 Å². The number of halogens is 7. The highest BCUT2D eigenvalue weighted by atomic mass is 35.5. The standard InChI is InChI=1S/C21H20ClF6NO3/c22-18-7-11-6-13(9-18)14(19(8-11,10-18)32-17(31)21(26,27)28)15(12-4-2-1-3-5-12)29-16(30)20(23,24)25/h1-5,11,13-15H,6-10H2,(H,29,30)/t11?,13?,14?,15-,18-,19-/m0/s1. The molecule has 0 heterocycles. The van der Waals surface area contributed by atoms with E-state index in [2.05, 4.69) is 0 Å². The third kappa shape index (κ3) is 4.18. The highest BCUT2D eigenvalue weighted by Gasteiger charge is 2.67. The fourth-order valence-electron chi connectivity index (χ4n) is 6.25. The van der Waals surface area contributed by atoms with Crippen molar-refractivity contribution in [3.8, 4) is 0 Å². The number of hydrogen-bond donors (Lipinski definition) is 1. The van der Waals surface area contributed by atoms with E-state index in [0.717, 1.165) is 0 Å². The van der Waals surface area contributed by atoms with Crippen LogP contribution < -0.4 is 5.32 Å². The highest BCUT2D eigenvalue weighted by Crippen LogP contribution is 2.66. The molecular weight excluding hydrogens is 464 g/mol. The molecule has 1 N–H and O–H groups in total. The second kappa shape index (κ2) is 7.53. The van der Waals surface area contributed by atoms with E-state index in [4.69, 9.17) is 16.3 Å². The number of carbonyl (C=O) groups is 2. The minimum absolute atomic E-state index is 0.0513. The van der Waals surface area contributed by atoms with Crippen molar-refractivity contribution in [2.24, 2.45) is 17.8 Å². The van der Waals surface area contributed by atoms with Crippen LogP contribution >= 0.6 is 11.6 Å². The second-order valence-corrected chi connectivity index (χ2v) is 9.94. The van der Waals surface area contributed by atoms with Gasteiger partial charge in [0.1, 0.15) is 5.60 Å². The molecule has 0 spiro atoms. The molecule has 0 aliphatic heterocycles. The molecule has 32 heavy (non-hydrogen) atoms. The zero-order valence-corrected chi connectivity index (χ0v) is 17.4. The quantitative estimate of drug-likeness (QED) is 0.370. The maximum atomic E-state index is 13.1. The van der Waals surface area contributed by atoms with E-state index in [9.17, 15) is 35.9 Å². The number of nitrogens with one attached hydrogen (secondary N) is 1. The molecule has 3 unspecified atom stereocenters. The van der Waals surface area contributed by atoms with Gasteiger partial charge in [-0.1, -0.05) is 30.3 Å². The molecule has 1 aromatic carbocycles. The van der Waals surface area contributed by atoms with Gasteiger partial charge in [0.05, 0.1) is 6.04 Å².